The molecule has 2 rings (SSSR count). The molecular formula is C13H13IN2O. The molecule has 3 nitrogen and oxygen atoms in total. The van der Waals surface area contributed by atoms with Gasteiger partial charge in [0.25, 0.3) is 0 Å². The molecule has 88 valence electrons. The van der Waals surface area contributed by atoms with Crippen LogP contribution in [-0.2, 0) is 0 Å². The highest BCUT2D eigenvalue weighted by atomic mass is 127. The number of nitrogens with one attached hydrogen (secondary N) is 1. The minimum Gasteiger partial charge on any atom is -0.497 e. The van der Waals surface area contributed by atoms with Crippen LogP contribution in [0.1, 0.15) is 0 Å². The summed E-state index contributed by atoms with van der Waals surface area (Å²) in [5, 5.41) is 3.33. The summed E-state index contributed by atoms with van der Waals surface area (Å²) in [7, 11) is 1.66. The smallest absolute Gasteiger partial charge is 0.119 e. The number of hydrogen-bond acceptors (Lipinski definition) is 3. The van der Waals surface area contributed by atoms with E-state index in [0.29, 0.717) is 0 Å². The first kappa shape index (κ1) is 12.0. The van der Waals surface area contributed by atoms with Crippen LogP contribution in [0.15, 0.2) is 42.5 Å². The quantitative estimate of drug-likeness (QED) is 0.663. The maximum atomic E-state index is 5.71. The largest absolute Gasteiger partial charge is 0.497 e. The number of nitrogens with two attached hydrogens (primary N) is 1. The molecule has 0 amide bonds. The number of methoxy groups -OCH3 is 1. The third-order valence-corrected chi connectivity index (χ3v) is 3.25. The molecule has 0 spiro atoms. The third kappa shape index (κ3) is 3.03. The summed E-state index contributed by atoms with van der Waals surface area (Å²) in [6.07, 6.45) is 0. The van der Waals surface area contributed by atoms with E-state index in [2.05, 4.69) is 27.9 Å². The van der Waals surface area contributed by atoms with Gasteiger partial charge in [-0.25, -0.2) is 0 Å². The molecule has 4 heteroatoms. The Hall–Kier alpha value is -1.43. The van der Waals surface area contributed by atoms with E-state index in [1.165, 1.54) is 0 Å². The van der Waals surface area contributed by atoms with E-state index < -0.39 is 0 Å². The highest BCUT2D eigenvalue weighted by molar-refractivity contribution is 14.1. The van der Waals surface area contributed by atoms with Crippen molar-refractivity contribution in [2.24, 2.45) is 0 Å². The fourth-order valence-corrected chi connectivity index (χ4v) is 2.14. The minimum atomic E-state index is 0.773. The van der Waals surface area contributed by atoms with Gasteiger partial charge in [0.1, 0.15) is 5.75 Å². The van der Waals surface area contributed by atoms with E-state index in [1.54, 1.807) is 7.11 Å². The van der Waals surface area contributed by atoms with Gasteiger partial charge in [0.15, 0.2) is 0 Å². The molecule has 0 saturated heterocycles. The summed E-state index contributed by atoms with van der Waals surface area (Å²) in [5.41, 5.74) is 8.55. The van der Waals surface area contributed by atoms with E-state index in [4.69, 9.17) is 10.5 Å². The van der Waals surface area contributed by atoms with Crippen molar-refractivity contribution < 1.29 is 4.74 Å². The van der Waals surface area contributed by atoms with Gasteiger partial charge in [-0.05, 0) is 65.1 Å². The van der Waals surface area contributed by atoms with Crippen LogP contribution in [-0.4, -0.2) is 7.11 Å². The Bertz CT molecular complexity index is 511. The Labute approximate surface area is 114 Å². The van der Waals surface area contributed by atoms with E-state index in [9.17, 15) is 0 Å². The molecule has 0 heterocycles. The second-order valence-corrected chi connectivity index (χ2v) is 4.75. The van der Waals surface area contributed by atoms with Crippen LogP contribution in [0, 0.1) is 3.57 Å². The van der Waals surface area contributed by atoms with Gasteiger partial charge >= 0.3 is 0 Å². The number of benzene rings is 2. The molecule has 0 radical (unpaired) electrons. The molecule has 2 aromatic rings. The first-order valence-electron chi connectivity index (χ1n) is 5.15. The number of nitrogen functional groups attached to an aromatic ring is 1. The predicted octanol–water partition coefficient (Wildman–Crippen LogP) is 3.63. The van der Waals surface area contributed by atoms with Crippen molar-refractivity contribution >= 4 is 39.7 Å². The SMILES string of the molecule is COc1ccc(Nc2ccc(N)cc2I)cc1. The summed E-state index contributed by atoms with van der Waals surface area (Å²) in [6, 6.07) is 13.6. The molecule has 0 aliphatic carbocycles. The maximum absolute atomic E-state index is 5.71. The van der Waals surface area contributed by atoms with Crippen molar-refractivity contribution in [2.75, 3.05) is 18.2 Å². The molecule has 0 aliphatic rings. The molecule has 0 bridgehead atoms. The highest BCUT2D eigenvalue weighted by Crippen LogP contribution is 2.25. The number of halogens is 1. The van der Waals surface area contributed by atoms with Crippen molar-refractivity contribution in [3.63, 3.8) is 0 Å². The summed E-state index contributed by atoms with van der Waals surface area (Å²) in [6.45, 7) is 0. The van der Waals surface area contributed by atoms with E-state index >= 15 is 0 Å². The lowest BCUT2D eigenvalue weighted by molar-refractivity contribution is 0.415. The normalized spacial score (nSPS) is 10.0. The third-order valence-electron chi connectivity index (χ3n) is 2.36. The van der Waals surface area contributed by atoms with E-state index in [1.807, 2.05) is 42.5 Å². The number of hydrogen-bond donors (Lipinski definition) is 2. The molecule has 3 N–H and O–H groups in total. The molecule has 0 aromatic heterocycles. The highest BCUT2D eigenvalue weighted by Gasteiger charge is 2.00. The summed E-state index contributed by atoms with van der Waals surface area (Å²) >= 11 is 2.26. The van der Waals surface area contributed by atoms with Gasteiger partial charge in [0, 0.05) is 14.9 Å². The Balaban J connectivity index is 2.19. The van der Waals surface area contributed by atoms with Gasteiger partial charge in [-0.15, -0.1) is 0 Å². The van der Waals surface area contributed by atoms with Gasteiger partial charge in [0.2, 0.25) is 0 Å². The van der Waals surface area contributed by atoms with Gasteiger partial charge < -0.3 is 15.8 Å². The van der Waals surface area contributed by atoms with Gasteiger partial charge in [0.05, 0.1) is 12.8 Å². The van der Waals surface area contributed by atoms with Crippen molar-refractivity contribution in [3.05, 3.63) is 46.0 Å². The van der Waals surface area contributed by atoms with Crippen LogP contribution in [0.3, 0.4) is 0 Å². The van der Waals surface area contributed by atoms with Crippen LogP contribution in [0.25, 0.3) is 0 Å². The van der Waals surface area contributed by atoms with Crippen molar-refractivity contribution in [3.8, 4) is 5.75 Å². The van der Waals surface area contributed by atoms with Gasteiger partial charge in [-0.2, -0.15) is 0 Å². The fraction of sp³-hybridized carbons (Fsp3) is 0.0769. The summed E-state index contributed by atoms with van der Waals surface area (Å²) in [4.78, 5) is 0. The standard InChI is InChI=1S/C13H13IN2O/c1-17-11-5-3-10(4-6-11)16-13-7-2-9(15)8-12(13)14/h2-8,16H,15H2,1H3. The number of anilines is 3. The van der Waals surface area contributed by atoms with Crippen LogP contribution in [0.4, 0.5) is 17.1 Å². The van der Waals surface area contributed by atoms with Crippen LogP contribution in [0.5, 0.6) is 5.75 Å². The molecular weight excluding hydrogens is 327 g/mol. The zero-order valence-electron chi connectivity index (χ0n) is 9.41. The number of rotatable bonds is 3. The van der Waals surface area contributed by atoms with E-state index in [0.717, 1.165) is 26.4 Å². The Kier molecular flexibility index (Phi) is 3.73. The zero-order valence-corrected chi connectivity index (χ0v) is 11.6. The molecule has 2 aromatic carbocycles. The predicted molar refractivity (Wildman–Crippen MR) is 79.8 cm³/mol. The fourth-order valence-electron chi connectivity index (χ4n) is 1.46. The van der Waals surface area contributed by atoms with Crippen molar-refractivity contribution in [2.45, 2.75) is 0 Å². The lowest BCUT2D eigenvalue weighted by Crippen LogP contribution is -1.94. The molecule has 17 heavy (non-hydrogen) atoms. The second-order valence-electron chi connectivity index (χ2n) is 3.59. The lowest BCUT2D eigenvalue weighted by atomic mass is 10.2. The average molecular weight is 340 g/mol. The Morgan fingerprint density at radius 2 is 1.82 bits per heavy atom. The minimum absolute atomic E-state index is 0.773. The zero-order chi connectivity index (χ0) is 12.3. The lowest BCUT2D eigenvalue weighted by Gasteiger charge is -2.09. The molecule has 0 atom stereocenters. The first-order chi connectivity index (χ1) is 8.19. The summed E-state index contributed by atoms with van der Waals surface area (Å²) < 4.78 is 6.21. The number of ether oxygens (including phenoxy) is 1. The van der Waals surface area contributed by atoms with Crippen LogP contribution in [0.2, 0.25) is 0 Å². The van der Waals surface area contributed by atoms with Crippen LogP contribution >= 0.6 is 22.6 Å². The van der Waals surface area contributed by atoms with Crippen molar-refractivity contribution in [1.82, 2.24) is 0 Å². The molecule has 0 unspecified atom stereocenters. The second kappa shape index (κ2) is 5.27. The van der Waals surface area contributed by atoms with E-state index in [-0.39, 0.29) is 0 Å². The molecule has 0 aliphatic heterocycles. The molecule has 0 fully saturated rings. The first-order valence-corrected chi connectivity index (χ1v) is 6.23. The molecule has 0 saturated carbocycles. The Morgan fingerprint density at radius 1 is 1.12 bits per heavy atom. The monoisotopic (exact) mass is 340 g/mol. The summed E-state index contributed by atoms with van der Waals surface area (Å²) in [5.74, 6) is 0.850. The van der Waals surface area contributed by atoms with Crippen molar-refractivity contribution in [1.29, 1.82) is 0 Å². The van der Waals surface area contributed by atoms with Gasteiger partial charge in [-0.1, -0.05) is 0 Å². The Morgan fingerprint density at radius 3 is 2.41 bits per heavy atom. The average Bonchev–Trinajstić information content (AvgIpc) is 2.34. The topological polar surface area (TPSA) is 47.3 Å². The van der Waals surface area contributed by atoms with Gasteiger partial charge in [-0.3, -0.25) is 0 Å². The van der Waals surface area contributed by atoms with Crippen LogP contribution < -0.4 is 15.8 Å². The maximum Gasteiger partial charge on any atom is 0.119 e.